The summed E-state index contributed by atoms with van der Waals surface area (Å²) in [5, 5.41) is 1.02. The number of H-pyrrole nitrogens is 1. The molecule has 0 atom stereocenters. The second-order valence-corrected chi connectivity index (χ2v) is 6.71. The molecule has 0 unspecified atom stereocenters. The van der Waals surface area contributed by atoms with Crippen LogP contribution >= 0.6 is 39.5 Å². The van der Waals surface area contributed by atoms with E-state index in [1.54, 1.807) is 17.4 Å². The predicted molar refractivity (Wildman–Crippen MR) is 80.7 cm³/mol. The maximum atomic E-state index is 13.5. The number of rotatable bonds is 2. The van der Waals surface area contributed by atoms with Crippen LogP contribution in [0.3, 0.4) is 0 Å². The number of imidazole rings is 1. The van der Waals surface area contributed by atoms with E-state index >= 15 is 0 Å². The zero-order chi connectivity index (χ0) is 13.6. The number of nitrogens with zero attached hydrogens (tertiary/aromatic N) is 2. The SMILES string of the molecule is Cc1ncc(Cn2c(=S)[nH]c3cc(F)c(Br)cc32)s1. The van der Waals surface area contributed by atoms with E-state index in [9.17, 15) is 4.39 Å². The molecule has 0 saturated heterocycles. The number of thiazole rings is 1. The molecule has 3 rings (SSSR count). The van der Waals surface area contributed by atoms with Gasteiger partial charge < -0.3 is 9.55 Å². The van der Waals surface area contributed by atoms with Gasteiger partial charge in [0.25, 0.3) is 0 Å². The van der Waals surface area contributed by atoms with Gasteiger partial charge in [0, 0.05) is 17.1 Å². The van der Waals surface area contributed by atoms with Crippen molar-refractivity contribution in [3.05, 3.63) is 43.3 Å². The fourth-order valence-corrected chi connectivity index (χ4v) is 3.33. The second-order valence-electron chi connectivity index (χ2n) is 4.15. The zero-order valence-electron chi connectivity index (χ0n) is 9.91. The van der Waals surface area contributed by atoms with Crippen LogP contribution < -0.4 is 0 Å². The maximum Gasteiger partial charge on any atom is 0.178 e. The Bertz CT molecular complexity index is 818. The third-order valence-corrected chi connectivity index (χ3v) is 4.63. The first-order chi connectivity index (χ1) is 9.04. The summed E-state index contributed by atoms with van der Waals surface area (Å²) in [5.41, 5.74) is 1.58. The minimum Gasteiger partial charge on any atom is -0.330 e. The van der Waals surface area contributed by atoms with Gasteiger partial charge in [-0.3, -0.25) is 0 Å². The van der Waals surface area contributed by atoms with E-state index in [1.807, 2.05) is 17.7 Å². The van der Waals surface area contributed by atoms with Gasteiger partial charge in [0.2, 0.25) is 0 Å². The van der Waals surface area contributed by atoms with Crippen molar-refractivity contribution in [2.24, 2.45) is 0 Å². The summed E-state index contributed by atoms with van der Waals surface area (Å²) in [6, 6.07) is 3.19. The molecule has 0 amide bonds. The van der Waals surface area contributed by atoms with Crippen LogP contribution in [0.2, 0.25) is 0 Å². The molecule has 3 aromatic rings. The number of nitrogens with one attached hydrogen (secondary N) is 1. The molecule has 0 saturated carbocycles. The molecule has 98 valence electrons. The van der Waals surface area contributed by atoms with Crippen molar-refractivity contribution >= 4 is 50.5 Å². The lowest BCUT2D eigenvalue weighted by atomic mass is 10.3. The van der Waals surface area contributed by atoms with Gasteiger partial charge in [0.05, 0.1) is 27.1 Å². The number of fused-ring (bicyclic) bond motifs is 1. The molecule has 19 heavy (non-hydrogen) atoms. The van der Waals surface area contributed by atoms with Crippen molar-refractivity contribution in [3.8, 4) is 0 Å². The molecule has 0 aliphatic carbocycles. The molecule has 1 aromatic carbocycles. The van der Waals surface area contributed by atoms with E-state index in [4.69, 9.17) is 12.2 Å². The van der Waals surface area contributed by atoms with Crippen molar-refractivity contribution in [2.75, 3.05) is 0 Å². The molecule has 0 spiro atoms. The van der Waals surface area contributed by atoms with Gasteiger partial charge in [-0.2, -0.15) is 0 Å². The maximum absolute atomic E-state index is 13.5. The molecule has 7 heteroatoms. The molecule has 0 fully saturated rings. The second kappa shape index (κ2) is 4.81. The van der Waals surface area contributed by atoms with Crippen LogP contribution in [0.25, 0.3) is 11.0 Å². The Morgan fingerprint density at radius 1 is 1.53 bits per heavy atom. The minimum absolute atomic E-state index is 0.301. The Labute approximate surface area is 126 Å². The van der Waals surface area contributed by atoms with E-state index in [0.717, 1.165) is 15.4 Å². The van der Waals surface area contributed by atoms with Crippen molar-refractivity contribution < 1.29 is 4.39 Å². The predicted octanol–water partition coefficient (Wildman–Crippen LogP) is 4.41. The average Bonchev–Trinajstić information content (AvgIpc) is 2.87. The molecule has 3 nitrogen and oxygen atoms in total. The first-order valence-corrected chi connectivity index (χ1v) is 7.55. The molecule has 0 aliphatic heterocycles. The summed E-state index contributed by atoms with van der Waals surface area (Å²) < 4.78 is 16.5. The lowest BCUT2D eigenvalue weighted by molar-refractivity contribution is 0.622. The summed E-state index contributed by atoms with van der Waals surface area (Å²) in [6.07, 6.45) is 1.85. The molecule has 2 aromatic heterocycles. The van der Waals surface area contributed by atoms with E-state index in [0.29, 0.717) is 21.3 Å². The number of aromatic nitrogens is 3. The molecule has 1 N–H and O–H groups in total. The third kappa shape index (κ3) is 2.37. The van der Waals surface area contributed by atoms with Gasteiger partial charge in [0.15, 0.2) is 4.77 Å². The van der Waals surface area contributed by atoms with Crippen molar-refractivity contribution in [2.45, 2.75) is 13.5 Å². The summed E-state index contributed by atoms with van der Waals surface area (Å²) in [6.45, 7) is 2.61. The summed E-state index contributed by atoms with van der Waals surface area (Å²) in [4.78, 5) is 8.37. The highest BCUT2D eigenvalue weighted by atomic mass is 79.9. The van der Waals surface area contributed by atoms with Crippen LogP contribution in [0.15, 0.2) is 22.8 Å². The number of benzene rings is 1. The van der Waals surface area contributed by atoms with Gasteiger partial charge in [0.1, 0.15) is 5.82 Å². The molecular weight excluding hydrogens is 349 g/mol. The zero-order valence-corrected chi connectivity index (χ0v) is 13.1. The normalized spacial score (nSPS) is 11.3. The van der Waals surface area contributed by atoms with Crippen molar-refractivity contribution in [1.82, 2.24) is 14.5 Å². The fourth-order valence-electron chi connectivity index (χ4n) is 1.94. The Kier molecular flexibility index (Phi) is 3.28. The van der Waals surface area contributed by atoms with Crippen LogP contribution in [0.5, 0.6) is 0 Å². The number of halogens is 2. The monoisotopic (exact) mass is 357 g/mol. The first kappa shape index (κ1) is 13.0. The van der Waals surface area contributed by atoms with Gasteiger partial charge in [-0.1, -0.05) is 0 Å². The fraction of sp³-hybridized carbons (Fsp3) is 0.167. The number of hydrogen-bond acceptors (Lipinski definition) is 3. The smallest absolute Gasteiger partial charge is 0.178 e. The van der Waals surface area contributed by atoms with Gasteiger partial charge in [-0.05, 0) is 41.1 Å². The standard InChI is InChI=1S/C12H9BrFN3S2/c1-6-15-4-7(19-6)5-17-11-2-8(13)9(14)3-10(11)16-12(17)18/h2-4H,5H2,1H3,(H,16,18). The lowest BCUT2D eigenvalue weighted by Gasteiger charge is -2.02. The van der Waals surface area contributed by atoms with Crippen molar-refractivity contribution in [1.29, 1.82) is 0 Å². The van der Waals surface area contributed by atoms with Gasteiger partial charge in [-0.25, -0.2) is 9.37 Å². The van der Waals surface area contributed by atoms with E-state index in [2.05, 4.69) is 25.9 Å². The Balaban J connectivity index is 2.15. The van der Waals surface area contributed by atoms with Crippen LogP contribution in [0.1, 0.15) is 9.88 Å². The van der Waals surface area contributed by atoms with E-state index in [-0.39, 0.29) is 5.82 Å². The molecule has 0 radical (unpaired) electrons. The van der Waals surface area contributed by atoms with Crippen LogP contribution in [0.4, 0.5) is 4.39 Å². The molecule has 0 bridgehead atoms. The van der Waals surface area contributed by atoms with Gasteiger partial charge >= 0.3 is 0 Å². The first-order valence-electron chi connectivity index (χ1n) is 5.53. The highest BCUT2D eigenvalue weighted by Gasteiger charge is 2.10. The summed E-state index contributed by atoms with van der Waals surface area (Å²) >= 11 is 10.1. The highest BCUT2D eigenvalue weighted by Crippen LogP contribution is 2.24. The minimum atomic E-state index is -0.301. The topological polar surface area (TPSA) is 33.6 Å². The van der Waals surface area contributed by atoms with Gasteiger partial charge in [-0.15, -0.1) is 11.3 Å². The van der Waals surface area contributed by atoms with Crippen LogP contribution in [-0.4, -0.2) is 14.5 Å². The average molecular weight is 358 g/mol. The lowest BCUT2D eigenvalue weighted by Crippen LogP contribution is -1.97. The largest absolute Gasteiger partial charge is 0.330 e. The molecule has 2 heterocycles. The number of hydrogen-bond donors (Lipinski definition) is 1. The van der Waals surface area contributed by atoms with Crippen molar-refractivity contribution in [3.63, 3.8) is 0 Å². The van der Waals surface area contributed by atoms with Crippen LogP contribution in [0, 0.1) is 17.5 Å². The highest BCUT2D eigenvalue weighted by molar-refractivity contribution is 9.10. The summed E-state index contributed by atoms with van der Waals surface area (Å²) in [7, 11) is 0. The van der Waals surface area contributed by atoms with Crippen LogP contribution in [-0.2, 0) is 6.54 Å². The quantitative estimate of drug-likeness (QED) is 0.689. The molecule has 0 aliphatic rings. The number of aryl methyl sites for hydroxylation is 1. The van der Waals surface area contributed by atoms with E-state index in [1.165, 1.54) is 6.07 Å². The molecular formula is C12H9BrFN3S2. The van der Waals surface area contributed by atoms with E-state index < -0.39 is 0 Å². The summed E-state index contributed by atoms with van der Waals surface area (Å²) in [5.74, 6) is -0.301. The number of aromatic amines is 1. The Hall–Kier alpha value is -1.05. The Morgan fingerprint density at radius 3 is 3.00 bits per heavy atom. The third-order valence-electron chi connectivity index (χ3n) is 2.80. The Morgan fingerprint density at radius 2 is 2.32 bits per heavy atom.